The summed E-state index contributed by atoms with van der Waals surface area (Å²) < 4.78 is 89.7. The van der Waals surface area contributed by atoms with Gasteiger partial charge in [-0.05, 0) is 12.1 Å². The Morgan fingerprint density at radius 3 is 2.11 bits per heavy atom. The molecular formula is C8H6F5NO4S. The molecule has 0 atom stereocenters. The van der Waals surface area contributed by atoms with Crippen molar-refractivity contribution in [3.05, 3.63) is 18.2 Å². The van der Waals surface area contributed by atoms with Crippen LogP contribution in [-0.4, -0.2) is 21.4 Å². The standard InChI is InChI=1S/C8H6F5NO4S/c9-7(10)17-4-2-1-3-5(18-8(11,12)13)6(4)19(14,15)16/h1-3,7H,(H2,14,15,16). The summed E-state index contributed by atoms with van der Waals surface area (Å²) in [6.07, 6.45) is -5.22. The van der Waals surface area contributed by atoms with Crippen molar-refractivity contribution in [3.8, 4) is 11.5 Å². The third-order valence-corrected chi connectivity index (χ3v) is 2.64. The van der Waals surface area contributed by atoms with Gasteiger partial charge in [0.1, 0.15) is 5.75 Å². The summed E-state index contributed by atoms with van der Waals surface area (Å²) in [5, 5.41) is 4.65. The molecule has 0 fully saturated rings. The Hall–Kier alpha value is -1.62. The lowest BCUT2D eigenvalue weighted by Crippen LogP contribution is -2.22. The Kier molecular flexibility index (Phi) is 4.20. The molecule has 1 rings (SSSR count). The smallest absolute Gasteiger partial charge is 0.433 e. The van der Waals surface area contributed by atoms with E-state index in [1.54, 1.807) is 0 Å². The number of rotatable bonds is 4. The summed E-state index contributed by atoms with van der Waals surface area (Å²) in [7, 11) is -4.77. The molecule has 0 aliphatic carbocycles. The third-order valence-electron chi connectivity index (χ3n) is 1.67. The Labute approximate surface area is 103 Å². The zero-order chi connectivity index (χ0) is 14.8. The Bertz CT molecular complexity index is 557. The van der Waals surface area contributed by atoms with Crippen LogP contribution in [-0.2, 0) is 10.0 Å². The van der Waals surface area contributed by atoms with Gasteiger partial charge in [0, 0.05) is 0 Å². The molecule has 0 saturated carbocycles. The largest absolute Gasteiger partial charge is 0.573 e. The van der Waals surface area contributed by atoms with Crippen LogP contribution in [0.5, 0.6) is 11.5 Å². The monoisotopic (exact) mass is 307 g/mol. The molecular weight excluding hydrogens is 301 g/mol. The molecule has 108 valence electrons. The predicted molar refractivity (Wildman–Crippen MR) is 51.1 cm³/mol. The molecule has 0 aromatic heterocycles. The van der Waals surface area contributed by atoms with Gasteiger partial charge < -0.3 is 9.47 Å². The quantitative estimate of drug-likeness (QED) is 0.861. The Morgan fingerprint density at radius 2 is 1.68 bits per heavy atom. The van der Waals surface area contributed by atoms with Crippen LogP contribution in [0.1, 0.15) is 0 Å². The number of sulfonamides is 1. The van der Waals surface area contributed by atoms with Crippen molar-refractivity contribution in [2.45, 2.75) is 17.9 Å². The minimum atomic E-state index is -5.22. The number of halogens is 5. The van der Waals surface area contributed by atoms with Gasteiger partial charge in [-0.25, -0.2) is 13.6 Å². The van der Waals surface area contributed by atoms with Crippen LogP contribution in [0.15, 0.2) is 23.1 Å². The fourth-order valence-corrected chi connectivity index (χ4v) is 1.96. The fraction of sp³-hybridized carbons (Fsp3) is 0.250. The van der Waals surface area contributed by atoms with Crippen LogP contribution >= 0.6 is 0 Å². The van der Waals surface area contributed by atoms with Gasteiger partial charge in [0.15, 0.2) is 10.6 Å². The Morgan fingerprint density at radius 1 is 1.16 bits per heavy atom. The minimum absolute atomic E-state index is 0.603. The number of ether oxygens (including phenoxy) is 2. The molecule has 0 amide bonds. The second-order valence-corrected chi connectivity index (χ2v) is 4.55. The van der Waals surface area contributed by atoms with Crippen LogP contribution < -0.4 is 14.6 Å². The number of benzene rings is 1. The molecule has 0 aliphatic rings. The van der Waals surface area contributed by atoms with E-state index in [4.69, 9.17) is 0 Å². The maximum atomic E-state index is 12.1. The lowest BCUT2D eigenvalue weighted by Gasteiger charge is -2.15. The number of nitrogens with two attached hydrogens (primary N) is 1. The zero-order valence-corrected chi connectivity index (χ0v) is 9.63. The van der Waals surface area contributed by atoms with Gasteiger partial charge in [-0.15, -0.1) is 13.2 Å². The molecule has 0 bridgehead atoms. The lowest BCUT2D eigenvalue weighted by molar-refractivity contribution is -0.275. The number of hydrogen-bond acceptors (Lipinski definition) is 4. The van der Waals surface area contributed by atoms with E-state index < -0.39 is 39.4 Å². The van der Waals surface area contributed by atoms with Gasteiger partial charge in [0.2, 0.25) is 10.0 Å². The second kappa shape index (κ2) is 5.17. The molecule has 0 heterocycles. The fourth-order valence-electron chi connectivity index (χ4n) is 1.17. The molecule has 19 heavy (non-hydrogen) atoms. The van der Waals surface area contributed by atoms with Crippen molar-refractivity contribution < 1.29 is 39.8 Å². The van der Waals surface area contributed by atoms with Crippen LogP contribution in [0.3, 0.4) is 0 Å². The zero-order valence-electron chi connectivity index (χ0n) is 8.82. The molecule has 0 unspecified atom stereocenters. The van der Waals surface area contributed by atoms with E-state index in [2.05, 4.69) is 14.6 Å². The first-order valence-electron chi connectivity index (χ1n) is 4.37. The summed E-state index contributed by atoms with van der Waals surface area (Å²) >= 11 is 0. The highest BCUT2D eigenvalue weighted by Gasteiger charge is 2.35. The van der Waals surface area contributed by atoms with E-state index in [1.165, 1.54) is 0 Å². The molecule has 5 nitrogen and oxygen atoms in total. The highest BCUT2D eigenvalue weighted by molar-refractivity contribution is 7.89. The van der Waals surface area contributed by atoms with Crippen LogP contribution in [0.2, 0.25) is 0 Å². The van der Waals surface area contributed by atoms with Gasteiger partial charge in [-0.2, -0.15) is 8.78 Å². The first-order chi connectivity index (χ1) is 8.50. The molecule has 2 N–H and O–H groups in total. The lowest BCUT2D eigenvalue weighted by atomic mass is 10.3. The SMILES string of the molecule is NS(=O)(=O)c1c(OC(F)F)cccc1OC(F)(F)F. The summed E-state index contributed by atoms with van der Waals surface area (Å²) in [6, 6.07) is 2.16. The number of alkyl halides is 5. The van der Waals surface area contributed by atoms with E-state index in [9.17, 15) is 30.4 Å². The molecule has 0 saturated heterocycles. The molecule has 11 heteroatoms. The Balaban J connectivity index is 3.40. The average Bonchev–Trinajstić information content (AvgIpc) is 2.11. The van der Waals surface area contributed by atoms with E-state index in [0.29, 0.717) is 6.07 Å². The van der Waals surface area contributed by atoms with Crippen LogP contribution in [0.25, 0.3) is 0 Å². The normalized spacial score (nSPS) is 12.6. The van der Waals surface area contributed by atoms with E-state index in [0.717, 1.165) is 12.1 Å². The van der Waals surface area contributed by atoms with Crippen molar-refractivity contribution in [1.82, 2.24) is 0 Å². The van der Waals surface area contributed by atoms with E-state index >= 15 is 0 Å². The van der Waals surface area contributed by atoms with Gasteiger partial charge in [-0.3, -0.25) is 0 Å². The highest BCUT2D eigenvalue weighted by atomic mass is 32.2. The van der Waals surface area contributed by atoms with Gasteiger partial charge in [0.05, 0.1) is 0 Å². The number of primary sulfonamides is 1. The molecule has 0 aliphatic heterocycles. The molecule has 1 aromatic rings. The highest BCUT2D eigenvalue weighted by Crippen LogP contribution is 2.36. The van der Waals surface area contributed by atoms with Crippen molar-refractivity contribution in [3.63, 3.8) is 0 Å². The van der Waals surface area contributed by atoms with E-state index in [-0.39, 0.29) is 0 Å². The maximum absolute atomic E-state index is 12.1. The molecule has 1 aromatic carbocycles. The molecule has 0 spiro atoms. The summed E-state index contributed by atoms with van der Waals surface area (Å²) in [5.74, 6) is -2.30. The molecule has 0 radical (unpaired) electrons. The van der Waals surface area contributed by atoms with Crippen molar-refractivity contribution in [2.75, 3.05) is 0 Å². The van der Waals surface area contributed by atoms with Crippen molar-refractivity contribution in [1.29, 1.82) is 0 Å². The van der Waals surface area contributed by atoms with Gasteiger partial charge in [-0.1, -0.05) is 6.07 Å². The third kappa shape index (κ3) is 4.52. The van der Waals surface area contributed by atoms with Crippen LogP contribution in [0, 0.1) is 0 Å². The van der Waals surface area contributed by atoms with Crippen LogP contribution in [0.4, 0.5) is 22.0 Å². The average molecular weight is 307 g/mol. The summed E-state index contributed by atoms with van der Waals surface area (Å²) in [6.45, 7) is -3.44. The first kappa shape index (κ1) is 15.4. The summed E-state index contributed by atoms with van der Waals surface area (Å²) in [4.78, 5) is -1.31. The number of hydrogen-bond donors (Lipinski definition) is 1. The van der Waals surface area contributed by atoms with E-state index in [1.807, 2.05) is 0 Å². The van der Waals surface area contributed by atoms with Gasteiger partial charge >= 0.3 is 13.0 Å². The minimum Gasteiger partial charge on any atom is -0.433 e. The summed E-state index contributed by atoms with van der Waals surface area (Å²) in [5.41, 5.74) is 0. The first-order valence-corrected chi connectivity index (χ1v) is 5.91. The van der Waals surface area contributed by atoms with Gasteiger partial charge in [0.25, 0.3) is 0 Å². The maximum Gasteiger partial charge on any atom is 0.573 e. The topological polar surface area (TPSA) is 78.6 Å². The van der Waals surface area contributed by atoms with Crippen molar-refractivity contribution in [2.24, 2.45) is 5.14 Å². The predicted octanol–water partition coefficient (Wildman–Crippen LogP) is 1.83. The second-order valence-electron chi connectivity index (χ2n) is 3.05. The van der Waals surface area contributed by atoms with Crippen molar-refractivity contribution >= 4 is 10.0 Å².